The first kappa shape index (κ1) is 21.1. The summed E-state index contributed by atoms with van der Waals surface area (Å²) in [6, 6.07) is 3.82. The first-order chi connectivity index (χ1) is 15.0. The molecule has 1 aliphatic heterocycles. The lowest BCUT2D eigenvalue weighted by molar-refractivity contribution is 0.0682. The molecular formula is C20H27N7O4. The zero-order valence-electron chi connectivity index (χ0n) is 17.8. The van der Waals surface area contributed by atoms with Crippen LogP contribution < -0.4 is 10.6 Å². The van der Waals surface area contributed by atoms with Crippen LogP contribution in [0.1, 0.15) is 44.7 Å². The summed E-state index contributed by atoms with van der Waals surface area (Å²) >= 11 is 0. The van der Waals surface area contributed by atoms with Gasteiger partial charge in [0.2, 0.25) is 0 Å². The highest BCUT2D eigenvalue weighted by Crippen LogP contribution is 2.31. The Kier molecular flexibility index (Phi) is 6.33. The maximum atomic E-state index is 11.8. The Morgan fingerprint density at radius 2 is 2.29 bits per heavy atom. The van der Waals surface area contributed by atoms with E-state index in [0.717, 1.165) is 16.9 Å². The Bertz CT molecular complexity index is 1030. The third kappa shape index (κ3) is 5.12. The predicted octanol–water partition coefficient (Wildman–Crippen LogP) is 2.70. The van der Waals surface area contributed by atoms with E-state index in [1.807, 2.05) is 32.9 Å². The molecule has 0 unspecified atom stereocenters. The number of carbonyl (C=O) groups is 1. The third-order valence-electron chi connectivity index (χ3n) is 4.73. The van der Waals surface area contributed by atoms with E-state index in [0.29, 0.717) is 37.9 Å². The molecule has 166 valence electrons. The van der Waals surface area contributed by atoms with E-state index >= 15 is 0 Å². The van der Waals surface area contributed by atoms with Crippen LogP contribution in [0.3, 0.4) is 0 Å². The number of nitrogens with one attached hydrogen (secondary N) is 3. The number of alkyl carbamates (subject to hydrolysis) is 1. The number of hydrogen-bond donors (Lipinski definition) is 3. The first-order valence-electron chi connectivity index (χ1n) is 10.3. The smallest absolute Gasteiger partial charge is 0.407 e. The number of ether oxygens (including phenoxy) is 3. The number of carbonyl (C=O) groups excluding carboxylic acids is 1. The van der Waals surface area contributed by atoms with Gasteiger partial charge in [0, 0.05) is 37.5 Å². The molecule has 0 radical (unpaired) electrons. The van der Waals surface area contributed by atoms with E-state index in [1.165, 1.54) is 0 Å². The zero-order chi connectivity index (χ0) is 21.8. The van der Waals surface area contributed by atoms with Gasteiger partial charge in [-0.2, -0.15) is 10.2 Å². The second-order valence-electron chi connectivity index (χ2n) is 7.60. The van der Waals surface area contributed by atoms with Crippen LogP contribution in [0.4, 0.5) is 16.4 Å². The highest BCUT2D eigenvalue weighted by atomic mass is 16.6. The summed E-state index contributed by atoms with van der Waals surface area (Å²) in [5.74, 6) is 1.24. The molecule has 0 spiro atoms. The molecule has 1 amide bonds. The molecule has 4 rings (SSSR count). The lowest BCUT2D eigenvalue weighted by atomic mass is 10.1. The van der Waals surface area contributed by atoms with Crippen molar-refractivity contribution in [3.05, 3.63) is 35.9 Å². The molecule has 1 aliphatic rings. The van der Waals surface area contributed by atoms with Gasteiger partial charge in [0.15, 0.2) is 11.6 Å². The minimum atomic E-state index is -0.431. The normalized spacial score (nSPS) is 18.6. The van der Waals surface area contributed by atoms with Crippen molar-refractivity contribution in [1.29, 1.82) is 0 Å². The standard InChI is InChI=1S/C20H27N7O4/c1-4-29-10-13-7-16-19(21-5-6-27(16)26-13)23-18-9-15(24-25-18)17-8-14(11-30-17)31-20(28)22-12(2)3/h5-7,9,12,14,17H,4,8,10-11H2,1-3H3,(H,22,28)(H2,21,23,24,25)/t14-,17-/m1/s1. The molecule has 4 heterocycles. The van der Waals surface area contributed by atoms with Gasteiger partial charge >= 0.3 is 6.09 Å². The Morgan fingerprint density at radius 1 is 1.42 bits per heavy atom. The van der Waals surface area contributed by atoms with Crippen molar-refractivity contribution in [1.82, 2.24) is 30.1 Å². The summed E-state index contributed by atoms with van der Waals surface area (Å²) in [6.45, 7) is 7.13. The van der Waals surface area contributed by atoms with Crippen molar-refractivity contribution in [2.75, 3.05) is 18.5 Å². The van der Waals surface area contributed by atoms with Crippen molar-refractivity contribution >= 4 is 23.2 Å². The Balaban J connectivity index is 1.40. The van der Waals surface area contributed by atoms with Crippen molar-refractivity contribution in [2.45, 2.75) is 52.0 Å². The highest BCUT2D eigenvalue weighted by molar-refractivity contribution is 5.72. The minimum absolute atomic E-state index is 0.0240. The van der Waals surface area contributed by atoms with E-state index in [2.05, 4.69) is 30.9 Å². The molecule has 1 saturated heterocycles. The number of aromatic nitrogens is 5. The van der Waals surface area contributed by atoms with Gasteiger partial charge < -0.3 is 24.8 Å². The predicted molar refractivity (Wildman–Crippen MR) is 112 cm³/mol. The molecule has 3 N–H and O–H groups in total. The van der Waals surface area contributed by atoms with Crippen LogP contribution in [-0.2, 0) is 20.8 Å². The van der Waals surface area contributed by atoms with Crippen LogP contribution in [0, 0.1) is 0 Å². The number of hydrogen-bond acceptors (Lipinski definition) is 8. The molecule has 3 aromatic rings. The van der Waals surface area contributed by atoms with E-state index in [9.17, 15) is 4.79 Å². The minimum Gasteiger partial charge on any atom is -0.444 e. The lowest BCUT2D eigenvalue weighted by Crippen LogP contribution is -2.33. The molecule has 1 fully saturated rings. The van der Waals surface area contributed by atoms with Gasteiger partial charge in [0.25, 0.3) is 0 Å². The summed E-state index contributed by atoms with van der Waals surface area (Å²) < 4.78 is 18.4. The Morgan fingerprint density at radius 3 is 3.10 bits per heavy atom. The molecule has 2 atom stereocenters. The Hall–Kier alpha value is -3.18. The summed E-state index contributed by atoms with van der Waals surface area (Å²) in [7, 11) is 0. The molecule has 3 aromatic heterocycles. The molecule has 11 heteroatoms. The van der Waals surface area contributed by atoms with Crippen molar-refractivity contribution < 1.29 is 19.0 Å². The van der Waals surface area contributed by atoms with Gasteiger partial charge in [0.05, 0.1) is 24.6 Å². The van der Waals surface area contributed by atoms with Crippen LogP contribution in [0.5, 0.6) is 0 Å². The second-order valence-corrected chi connectivity index (χ2v) is 7.60. The van der Waals surface area contributed by atoms with E-state index in [4.69, 9.17) is 14.2 Å². The second kappa shape index (κ2) is 9.31. The first-order valence-corrected chi connectivity index (χ1v) is 10.3. The van der Waals surface area contributed by atoms with Crippen LogP contribution in [0.2, 0.25) is 0 Å². The maximum Gasteiger partial charge on any atom is 0.407 e. The van der Waals surface area contributed by atoms with Crippen LogP contribution in [0.25, 0.3) is 5.52 Å². The number of amides is 1. The Labute approximate surface area is 179 Å². The monoisotopic (exact) mass is 429 g/mol. The average Bonchev–Trinajstić information content (AvgIpc) is 3.45. The van der Waals surface area contributed by atoms with Gasteiger partial charge in [-0.3, -0.25) is 5.10 Å². The number of rotatable bonds is 8. The summed E-state index contributed by atoms with van der Waals surface area (Å²) in [6.07, 6.45) is 3.06. The summed E-state index contributed by atoms with van der Waals surface area (Å²) in [5.41, 5.74) is 2.45. The van der Waals surface area contributed by atoms with Gasteiger partial charge in [-0.25, -0.2) is 14.3 Å². The number of nitrogens with zero attached hydrogens (tertiary/aromatic N) is 4. The average molecular weight is 429 g/mol. The van der Waals surface area contributed by atoms with Gasteiger partial charge in [-0.05, 0) is 26.8 Å². The summed E-state index contributed by atoms with van der Waals surface area (Å²) in [5, 5.41) is 17.7. The number of anilines is 2. The fraction of sp³-hybridized carbons (Fsp3) is 0.500. The number of aromatic amines is 1. The maximum absolute atomic E-state index is 11.8. The van der Waals surface area contributed by atoms with Crippen LogP contribution in [-0.4, -0.2) is 56.2 Å². The van der Waals surface area contributed by atoms with Gasteiger partial charge in [0.1, 0.15) is 17.7 Å². The molecular weight excluding hydrogens is 402 g/mol. The highest BCUT2D eigenvalue weighted by Gasteiger charge is 2.31. The fourth-order valence-corrected chi connectivity index (χ4v) is 3.35. The van der Waals surface area contributed by atoms with Crippen LogP contribution >= 0.6 is 0 Å². The zero-order valence-corrected chi connectivity index (χ0v) is 17.8. The molecule has 0 aromatic carbocycles. The molecule has 0 saturated carbocycles. The fourth-order valence-electron chi connectivity index (χ4n) is 3.35. The number of fused-ring (bicyclic) bond motifs is 1. The van der Waals surface area contributed by atoms with Crippen molar-refractivity contribution in [3.8, 4) is 0 Å². The van der Waals surface area contributed by atoms with E-state index in [1.54, 1.807) is 16.9 Å². The van der Waals surface area contributed by atoms with Crippen molar-refractivity contribution in [3.63, 3.8) is 0 Å². The van der Waals surface area contributed by atoms with Crippen LogP contribution in [0.15, 0.2) is 24.5 Å². The van der Waals surface area contributed by atoms with Gasteiger partial charge in [-0.1, -0.05) is 0 Å². The summed E-state index contributed by atoms with van der Waals surface area (Å²) in [4.78, 5) is 16.2. The SMILES string of the molecule is CCOCc1cc2c(Nc3cc([C@H]4C[C@@H](OC(=O)NC(C)C)CO4)[nH]n3)nccn2n1. The largest absolute Gasteiger partial charge is 0.444 e. The van der Waals surface area contributed by atoms with Crippen molar-refractivity contribution in [2.24, 2.45) is 0 Å². The third-order valence-corrected chi connectivity index (χ3v) is 4.73. The molecule has 0 aliphatic carbocycles. The number of H-pyrrole nitrogens is 1. The van der Waals surface area contributed by atoms with E-state index < -0.39 is 6.09 Å². The quantitative estimate of drug-likeness (QED) is 0.499. The molecule has 11 nitrogen and oxygen atoms in total. The lowest BCUT2D eigenvalue weighted by Gasteiger charge is -2.13. The molecule has 31 heavy (non-hydrogen) atoms. The topological polar surface area (TPSA) is 128 Å². The van der Waals surface area contributed by atoms with E-state index in [-0.39, 0.29) is 18.2 Å². The van der Waals surface area contributed by atoms with Gasteiger partial charge in [-0.15, -0.1) is 0 Å². The molecule has 0 bridgehead atoms.